The van der Waals surface area contributed by atoms with E-state index in [2.05, 4.69) is 15.5 Å². The van der Waals surface area contributed by atoms with Gasteiger partial charge in [0, 0.05) is 0 Å². The van der Waals surface area contributed by atoms with Crippen molar-refractivity contribution >= 4 is 11.6 Å². The highest BCUT2D eigenvalue weighted by Crippen LogP contribution is 2.25. The monoisotopic (exact) mass is 214 g/mol. The maximum atomic E-state index is 11.6. The van der Waals surface area contributed by atoms with Crippen molar-refractivity contribution in [2.24, 2.45) is 0 Å². The number of carbonyl (C=O) groups is 1. The average Bonchev–Trinajstić information content (AvgIpc) is 2.55. The Kier molecular flexibility index (Phi) is 1.80. The molecule has 1 aromatic heterocycles. The molecule has 0 fully saturated rings. The Bertz CT molecular complexity index is 573. The Labute approximate surface area is 92.1 Å². The highest BCUT2D eigenvalue weighted by atomic mass is 16.1. The van der Waals surface area contributed by atoms with E-state index in [1.54, 1.807) is 0 Å². The first-order valence-electron chi connectivity index (χ1n) is 5.06. The Hall–Kier alpha value is -2.17. The van der Waals surface area contributed by atoms with E-state index in [4.69, 9.17) is 0 Å². The lowest BCUT2D eigenvalue weighted by molar-refractivity contribution is -0.115. The van der Waals surface area contributed by atoms with Crippen molar-refractivity contribution in [3.05, 3.63) is 35.9 Å². The summed E-state index contributed by atoms with van der Waals surface area (Å²) < 4.78 is 1.91. The summed E-state index contributed by atoms with van der Waals surface area (Å²) in [5.74, 6) is 1.41. The molecule has 80 valence electrons. The largest absolute Gasteiger partial charge is 0.324 e. The van der Waals surface area contributed by atoms with Gasteiger partial charge in [0.15, 0.2) is 0 Å². The van der Waals surface area contributed by atoms with Crippen molar-refractivity contribution in [3.8, 4) is 5.69 Å². The molecule has 5 nitrogen and oxygen atoms in total. The van der Waals surface area contributed by atoms with Gasteiger partial charge in [-0.3, -0.25) is 9.36 Å². The summed E-state index contributed by atoms with van der Waals surface area (Å²) in [5, 5.41) is 10.9. The van der Waals surface area contributed by atoms with E-state index in [9.17, 15) is 4.79 Å². The molecule has 0 bridgehead atoms. The minimum absolute atomic E-state index is 0.0569. The molecule has 0 unspecified atom stereocenters. The minimum Gasteiger partial charge on any atom is -0.324 e. The number of aromatic nitrogens is 3. The Morgan fingerprint density at radius 3 is 3.00 bits per heavy atom. The lowest BCUT2D eigenvalue weighted by atomic mass is 10.2. The summed E-state index contributed by atoms with van der Waals surface area (Å²) in [5.41, 5.74) is 1.72. The number of nitrogens with zero attached hydrogens (tertiary/aromatic N) is 3. The van der Waals surface area contributed by atoms with Crippen molar-refractivity contribution in [1.29, 1.82) is 0 Å². The van der Waals surface area contributed by atoms with Crippen LogP contribution in [0.3, 0.4) is 0 Å². The molecule has 16 heavy (non-hydrogen) atoms. The third-order valence-corrected chi connectivity index (χ3v) is 2.63. The third kappa shape index (κ3) is 1.21. The highest BCUT2D eigenvalue weighted by Gasteiger charge is 2.20. The molecule has 5 heteroatoms. The topological polar surface area (TPSA) is 59.8 Å². The van der Waals surface area contributed by atoms with E-state index in [0.29, 0.717) is 5.82 Å². The molecule has 3 rings (SSSR count). The molecule has 0 saturated heterocycles. The molecule has 0 aliphatic carbocycles. The number of benzene rings is 1. The van der Waals surface area contributed by atoms with Gasteiger partial charge in [0.2, 0.25) is 5.91 Å². The second-order valence-electron chi connectivity index (χ2n) is 3.74. The van der Waals surface area contributed by atoms with Crippen LogP contribution in [0, 0.1) is 6.92 Å². The molecular formula is C11H10N4O. The number of rotatable bonds is 0. The first-order valence-corrected chi connectivity index (χ1v) is 5.06. The van der Waals surface area contributed by atoms with Crippen LogP contribution in [0.15, 0.2) is 24.3 Å². The summed E-state index contributed by atoms with van der Waals surface area (Å²) in [6.07, 6.45) is 0.259. The fourth-order valence-electron chi connectivity index (χ4n) is 1.95. The number of hydrogen-bond donors (Lipinski definition) is 1. The van der Waals surface area contributed by atoms with Gasteiger partial charge in [-0.2, -0.15) is 0 Å². The van der Waals surface area contributed by atoms with Crippen LogP contribution in [-0.4, -0.2) is 20.7 Å². The molecule has 1 aromatic carbocycles. The van der Waals surface area contributed by atoms with Crippen LogP contribution in [0.25, 0.3) is 5.69 Å². The second-order valence-corrected chi connectivity index (χ2v) is 3.74. The quantitative estimate of drug-likeness (QED) is 0.713. The van der Waals surface area contributed by atoms with Crippen LogP contribution >= 0.6 is 0 Å². The van der Waals surface area contributed by atoms with Crippen LogP contribution in [-0.2, 0) is 11.2 Å². The van der Waals surface area contributed by atoms with Crippen molar-refractivity contribution in [1.82, 2.24) is 14.8 Å². The number of nitrogens with one attached hydrogen (secondary N) is 1. The maximum absolute atomic E-state index is 11.6. The molecular weight excluding hydrogens is 204 g/mol. The Balaban J connectivity index is 2.33. The second kappa shape index (κ2) is 3.16. The molecule has 0 saturated carbocycles. The molecule has 1 aliphatic rings. The number of carbonyl (C=O) groups excluding carboxylic acids is 1. The summed E-state index contributed by atoms with van der Waals surface area (Å²) in [6, 6.07) is 7.64. The van der Waals surface area contributed by atoms with Gasteiger partial charge in [0.1, 0.15) is 11.6 Å². The number of aryl methyl sites for hydroxylation is 1. The first kappa shape index (κ1) is 9.08. The van der Waals surface area contributed by atoms with Gasteiger partial charge < -0.3 is 5.32 Å². The number of amides is 1. The van der Waals surface area contributed by atoms with Crippen LogP contribution in [0.5, 0.6) is 0 Å². The molecule has 1 aliphatic heterocycles. The summed E-state index contributed by atoms with van der Waals surface area (Å²) in [6.45, 7) is 1.88. The fourth-order valence-corrected chi connectivity index (χ4v) is 1.95. The molecule has 0 atom stereocenters. The Morgan fingerprint density at radius 1 is 1.31 bits per heavy atom. The predicted octanol–water partition coefficient (Wildman–Crippen LogP) is 1.07. The number of para-hydroxylation sites is 2. The smallest absolute Gasteiger partial charge is 0.232 e. The Morgan fingerprint density at radius 2 is 2.12 bits per heavy atom. The minimum atomic E-state index is -0.0569. The third-order valence-electron chi connectivity index (χ3n) is 2.63. The van der Waals surface area contributed by atoms with Crippen LogP contribution in [0.4, 0.5) is 5.69 Å². The lowest BCUT2D eigenvalue weighted by Crippen LogP contribution is -2.13. The van der Waals surface area contributed by atoms with Gasteiger partial charge in [-0.25, -0.2) is 0 Å². The van der Waals surface area contributed by atoms with Gasteiger partial charge >= 0.3 is 0 Å². The summed E-state index contributed by atoms with van der Waals surface area (Å²) in [4.78, 5) is 11.6. The van der Waals surface area contributed by atoms with E-state index < -0.39 is 0 Å². The van der Waals surface area contributed by atoms with Gasteiger partial charge in [-0.15, -0.1) is 10.2 Å². The van der Waals surface area contributed by atoms with Crippen molar-refractivity contribution in [2.75, 3.05) is 5.32 Å². The standard InChI is InChI=1S/C11H10N4O/c1-7-13-14-10-6-11(16)12-8-4-2-3-5-9(8)15(7)10/h2-5H,6H2,1H3,(H,12,16). The zero-order valence-corrected chi connectivity index (χ0v) is 8.77. The van der Waals surface area contributed by atoms with E-state index in [0.717, 1.165) is 17.2 Å². The van der Waals surface area contributed by atoms with E-state index in [1.165, 1.54) is 0 Å². The zero-order chi connectivity index (χ0) is 11.1. The average molecular weight is 214 g/mol. The van der Waals surface area contributed by atoms with Crippen LogP contribution in [0.2, 0.25) is 0 Å². The van der Waals surface area contributed by atoms with Gasteiger partial charge in [-0.1, -0.05) is 12.1 Å². The SMILES string of the molecule is Cc1nnc2n1-c1ccccc1NC(=O)C2. The number of hydrogen-bond acceptors (Lipinski definition) is 3. The molecule has 0 spiro atoms. The molecule has 1 N–H and O–H groups in total. The van der Waals surface area contributed by atoms with Gasteiger partial charge in [0.25, 0.3) is 0 Å². The van der Waals surface area contributed by atoms with Crippen molar-refractivity contribution in [2.45, 2.75) is 13.3 Å². The number of fused-ring (bicyclic) bond motifs is 3. The molecule has 2 aromatic rings. The van der Waals surface area contributed by atoms with E-state index >= 15 is 0 Å². The van der Waals surface area contributed by atoms with Gasteiger partial charge in [0.05, 0.1) is 17.8 Å². The normalized spacial score (nSPS) is 13.7. The molecule has 2 heterocycles. The van der Waals surface area contributed by atoms with Crippen molar-refractivity contribution < 1.29 is 4.79 Å². The highest BCUT2D eigenvalue weighted by molar-refractivity contribution is 5.95. The summed E-state index contributed by atoms with van der Waals surface area (Å²) >= 11 is 0. The van der Waals surface area contributed by atoms with Crippen LogP contribution in [0.1, 0.15) is 11.6 Å². The maximum Gasteiger partial charge on any atom is 0.232 e. The fraction of sp³-hybridized carbons (Fsp3) is 0.182. The lowest BCUT2D eigenvalue weighted by Gasteiger charge is -2.08. The van der Waals surface area contributed by atoms with Gasteiger partial charge in [-0.05, 0) is 19.1 Å². The molecule has 1 amide bonds. The number of anilines is 1. The van der Waals surface area contributed by atoms with E-state index in [-0.39, 0.29) is 12.3 Å². The summed E-state index contributed by atoms with van der Waals surface area (Å²) in [7, 11) is 0. The zero-order valence-electron chi connectivity index (χ0n) is 8.77. The van der Waals surface area contributed by atoms with Crippen molar-refractivity contribution in [3.63, 3.8) is 0 Å². The van der Waals surface area contributed by atoms with E-state index in [1.807, 2.05) is 35.8 Å². The molecule has 0 radical (unpaired) electrons. The van der Waals surface area contributed by atoms with Crippen LogP contribution < -0.4 is 5.32 Å². The predicted molar refractivity (Wildman–Crippen MR) is 58.4 cm³/mol. The first-order chi connectivity index (χ1) is 7.75.